The fraction of sp³-hybridized carbons (Fsp3) is 0.250. The number of benzene rings is 2. The summed E-state index contributed by atoms with van der Waals surface area (Å²) >= 11 is 0. The van der Waals surface area contributed by atoms with E-state index in [0.29, 0.717) is 0 Å². The van der Waals surface area contributed by atoms with Gasteiger partial charge in [-0.15, -0.1) is 0 Å². The highest BCUT2D eigenvalue weighted by atomic mass is 16.5. The molecular formula is C32H31N3O5. The van der Waals surface area contributed by atoms with Crippen molar-refractivity contribution in [2.75, 3.05) is 6.61 Å². The molecule has 8 nitrogen and oxygen atoms in total. The number of aromatic nitrogens is 2. The van der Waals surface area contributed by atoms with Gasteiger partial charge in [-0.25, -0.2) is 9.59 Å². The van der Waals surface area contributed by atoms with Gasteiger partial charge in [0.15, 0.2) is 0 Å². The van der Waals surface area contributed by atoms with Crippen LogP contribution in [0.5, 0.6) is 0 Å². The molecule has 0 radical (unpaired) electrons. The van der Waals surface area contributed by atoms with Crippen LogP contribution in [0.15, 0.2) is 97.6 Å². The molecule has 1 fully saturated rings. The van der Waals surface area contributed by atoms with E-state index in [1.165, 1.54) is 0 Å². The van der Waals surface area contributed by atoms with Crippen molar-refractivity contribution >= 4 is 17.8 Å². The molecular weight excluding hydrogens is 506 g/mol. The molecule has 204 valence electrons. The van der Waals surface area contributed by atoms with Gasteiger partial charge in [-0.2, -0.15) is 0 Å². The number of hydrogen-bond donors (Lipinski definition) is 1. The highest BCUT2D eigenvalue weighted by Gasteiger charge is 2.44. The Labute approximate surface area is 233 Å². The van der Waals surface area contributed by atoms with E-state index >= 15 is 0 Å². The molecule has 8 heteroatoms. The largest absolute Gasteiger partial charge is 0.463 e. The van der Waals surface area contributed by atoms with Gasteiger partial charge in [0, 0.05) is 30.2 Å². The van der Waals surface area contributed by atoms with Crippen LogP contribution in [0.4, 0.5) is 0 Å². The van der Waals surface area contributed by atoms with Crippen LogP contribution in [-0.2, 0) is 30.5 Å². The molecule has 1 N–H and O–H groups in total. The van der Waals surface area contributed by atoms with E-state index in [4.69, 9.17) is 9.47 Å². The van der Waals surface area contributed by atoms with Crippen LogP contribution in [0.2, 0.25) is 0 Å². The van der Waals surface area contributed by atoms with Crippen LogP contribution >= 0.6 is 0 Å². The van der Waals surface area contributed by atoms with Crippen LogP contribution in [0.25, 0.3) is 22.3 Å². The standard InChI is InChI=1S/C32H31N3O5/c1-32(2)21-40-31(38)29(32)34-28(36)18-27(30(37)39-20-22-6-4-3-5-7-22)35-17-14-26(19-35)24-10-8-23(9-11-24)25-12-15-33-16-13-25/h3-17,19,27,29H,18,20-21H2,1-2H3,(H,34,36)/t27?,29-/m1/s1. The Morgan fingerprint density at radius 2 is 1.62 bits per heavy atom. The van der Waals surface area contributed by atoms with Crippen LogP contribution in [0, 0.1) is 5.41 Å². The highest BCUT2D eigenvalue weighted by molar-refractivity contribution is 5.89. The Hall–Kier alpha value is -4.72. The van der Waals surface area contributed by atoms with Crippen molar-refractivity contribution in [2.45, 2.75) is 39.0 Å². The fourth-order valence-corrected chi connectivity index (χ4v) is 4.71. The van der Waals surface area contributed by atoms with Crippen molar-refractivity contribution in [2.24, 2.45) is 5.41 Å². The monoisotopic (exact) mass is 537 g/mol. The summed E-state index contributed by atoms with van der Waals surface area (Å²) in [4.78, 5) is 42.7. The van der Waals surface area contributed by atoms with Crippen LogP contribution < -0.4 is 5.32 Å². The fourth-order valence-electron chi connectivity index (χ4n) is 4.71. The average molecular weight is 538 g/mol. The Bertz CT molecular complexity index is 1480. The molecule has 1 aliphatic rings. The van der Waals surface area contributed by atoms with Gasteiger partial charge in [0.1, 0.15) is 18.7 Å². The predicted octanol–water partition coefficient (Wildman–Crippen LogP) is 4.96. The molecule has 2 aromatic carbocycles. The van der Waals surface area contributed by atoms with Gasteiger partial charge >= 0.3 is 11.9 Å². The summed E-state index contributed by atoms with van der Waals surface area (Å²) in [5, 5.41) is 2.77. The van der Waals surface area contributed by atoms with Gasteiger partial charge in [-0.3, -0.25) is 9.78 Å². The van der Waals surface area contributed by atoms with Crippen molar-refractivity contribution in [3.05, 3.63) is 103 Å². The van der Waals surface area contributed by atoms with Crippen molar-refractivity contribution in [3.63, 3.8) is 0 Å². The maximum Gasteiger partial charge on any atom is 0.329 e. The second-order valence-corrected chi connectivity index (χ2v) is 10.6. The summed E-state index contributed by atoms with van der Waals surface area (Å²) in [7, 11) is 0. The lowest BCUT2D eigenvalue weighted by molar-refractivity contribution is -0.150. The van der Waals surface area contributed by atoms with Gasteiger partial charge in [0.2, 0.25) is 5.91 Å². The molecule has 2 atom stereocenters. The van der Waals surface area contributed by atoms with E-state index in [2.05, 4.69) is 10.3 Å². The maximum atomic E-state index is 13.3. The van der Waals surface area contributed by atoms with E-state index in [0.717, 1.165) is 27.8 Å². The molecule has 0 bridgehead atoms. The van der Waals surface area contributed by atoms with Gasteiger partial charge in [-0.05, 0) is 46.0 Å². The Morgan fingerprint density at radius 1 is 0.975 bits per heavy atom. The van der Waals surface area contributed by atoms with Crippen molar-refractivity contribution < 1.29 is 23.9 Å². The molecule has 2 aromatic heterocycles. The minimum Gasteiger partial charge on any atom is -0.463 e. The summed E-state index contributed by atoms with van der Waals surface area (Å²) in [6, 6.07) is 21.6. The smallest absolute Gasteiger partial charge is 0.329 e. The zero-order valence-electron chi connectivity index (χ0n) is 22.4. The summed E-state index contributed by atoms with van der Waals surface area (Å²) in [6.45, 7) is 4.02. The zero-order valence-corrected chi connectivity index (χ0v) is 22.4. The van der Waals surface area contributed by atoms with Crippen molar-refractivity contribution in [1.29, 1.82) is 0 Å². The second kappa shape index (κ2) is 11.6. The lowest BCUT2D eigenvalue weighted by Crippen LogP contribution is -2.47. The van der Waals surface area contributed by atoms with Crippen molar-refractivity contribution in [3.8, 4) is 22.3 Å². The number of rotatable bonds is 9. The Morgan fingerprint density at radius 3 is 2.27 bits per heavy atom. The molecule has 5 rings (SSSR count). The highest BCUT2D eigenvalue weighted by Crippen LogP contribution is 2.30. The number of carbonyl (C=O) groups is 3. The summed E-state index contributed by atoms with van der Waals surface area (Å²) in [5.41, 5.74) is 4.30. The van der Waals surface area contributed by atoms with Gasteiger partial charge in [-0.1, -0.05) is 68.4 Å². The molecule has 1 unspecified atom stereocenters. The number of hydrogen-bond acceptors (Lipinski definition) is 6. The lowest BCUT2D eigenvalue weighted by Gasteiger charge is -2.24. The van der Waals surface area contributed by atoms with Gasteiger partial charge < -0.3 is 19.4 Å². The molecule has 1 saturated heterocycles. The third-order valence-corrected chi connectivity index (χ3v) is 7.09. The number of nitrogens with one attached hydrogen (secondary N) is 1. The van der Waals surface area contributed by atoms with E-state index in [1.54, 1.807) is 23.2 Å². The first-order chi connectivity index (χ1) is 19.3. The Balaban J connectivity index is 1.35. The van der Waals surface area contributed by atoms with E-state index < -0.39 is 35.3 Å². The molecule has 1 amide bonds. The summed E-state index contributed by atoms with van der Waals surface area (Å²) in [5.74, 6) is -1.45. The molecule has 3 heterocycles. The Kier molecular flexibility index (Phi) is 7.77. The first kappa shape index (κ1) is 26.9. The van der Waals surface area contributed by atoms with E-state index in [9.17, 15) is 14.4 Å². The minimum atomic E-state index is -0.922. The zero-order chi connectivity index (χ0) is 28.1. The summed E-state index contributed by atoms with van der Waals surface area (Å²) in [6.07, 6.45) is 6.92. The predicted molar refractivity (Wildman–Crippen MR) is 150 cm³/mol. The number of carbonyl (C=O) groups excluding carboxylic acids is 3. The number of amides is 1. The molecule has 4 aromatic rings. The van der Waals surface area contributed by atoms with Crippen molar-refractivity contribution in [1.82, 2.24) is 14.9 Å². The average Bonchev–Trinajstić information content (AvgIpc) is 3.56. The normalized spacial score (nSPS) is 16.6. The number of esters is 2. The molecule has 0 aliphatic carbocycles. The van der Waals surface area contributed by atoms with Gasteiger partial charge in [0.25, 0.3) is 0 Å². The molecule has 40 heavy (non-hydrogen) atoms. The first-order valence-electron chi connectivity index (χ1n) is 13.1. The third-order valence-electron chi connectivity index (χ3n) is 7.09. The van der Waals surface area contributed by atoms with E-state index in [-0.39, 0.29) is 19.6 Å². The number of nitrogens with zero attached hydrogens (tertiary/aromatic N) is 2. The van der Waals surface area contributed by atoms with Crippen LogP contribution in [-0.4, -0.2) is 40.0 Å². The second-order valence-electron chi connectivity index (χ2n) is 10.6. The number of cyclic esters (lactones) is 1. The minimum absolute atomic E-state index is 0.0877. The molecule has 0 saturated carbocycles. The lowest BCUT2D eigenvalue weighted by atomic mass is 9.87. The number of pyridine rings is 1. The molecule has 0 spiro atoms. The third kappa shape index (κ3) is 6.12. The summed E-state index contributed by atoms with van der Waals surface area (Å²) < 4.78 is 12.5. The number of ether oxygens (including phenoxy) is 2. The first-order valence-corrected chi connectivity index (χ1v) is 13.1. The SMILES string of the molecule is CC1(C)COC(=O)[C@H]1NC(=O)CC(C(=O)OCc1ccccc1)n1ccc(-c2ccc(-c3ccncc3)cc2)c1. The maximum absolute atomic E-state index is 13.3. The van der Waals surface area contributed by atoms with Crippen LogP contribution in [0.1, 0.15) is 31.9 Å². The van der Waals surface area contributed by atoms with Gasteiger partial charge in [0.05, 0.1) is 13.0 Å². The topological polar surface area (TPSA) is 99.5 Å². The quantitative estimate of drug-likeness (QED) is 0.303. The molecule has 1 aliphatic heterocycles. The van der Waals surface area contributed by atoms with Crippen LogP contribution in [0.3, 0.4) is 0 Å². The van der Waals surface area contributed by atoms with E-state index in [1.807, 2.05) is 92.8 Å².